The zero-order chi connectivity index (χ0) is 14.4. The molecule has 0 aromatic rings. The number of rotatable bonds is 7. The first-order valence-corrected chi connectivity index (χ1v) is 7.43. The average molecular weight is 269 g/mol. The van der Waals surface area contributed by atoms with Crippen molar-refractivity contribution in [2.45, 2.75) is 52.4 Å². The number of carboxylic acids is 1. The fourth-order valence-corrected chi connectivity index (χ4v) is 2.98. The Balaban J connectivity index is 2.49. The van der Waals surface area contributed by atoms with Gasteiger partial charge in [-0.25, -0.2) is 0 Å². The minimum absolute atomic E-state index is 0.0640. The molecule has 110 valence electrons. The van der Waals surface area contributed by atoms with Gasteiger partial charge in [-0.05, 0) is 18.8 Å². The van der Waals surface area contributed by atoms with Gasteiger partial charge in [0.15, 0.2) is 0 Å². The highest BCUT2D eigenvalue weighted by Gasteiger charge is 2.27. The van der Waals surface area contributed by atoms with Crippen molar-refractivity contribution in [3.05, 3.63) is 0 Å². The largest absolute Gasteiger partial charge is 0.481 e. The summed E-state index contributed by atoms with van der Waals surface area (Å²) < 4.78 is 0. The minimum Gasteiger partial charge on any atom is -0.481 e. The van der Waals surface area contributed by atoms with Gasteiger partial charge in [-0.2, -0.15) is 0 Å². The molecule has 1 aliphatic rings. The van der Waals surface area contributed by atoms with Crippen LogP contribution in [0.3, 0.4) is 0 Å². The second-order valence-electron chi connectivity index (χ2n) is 5.95. The lowest BCUT2D eigenvalue weighted by atomic mass is 9.90. The molecule has 1 aliphatic carbocycles. The van der Waals surface area contributed by atoms with Crippen LogP contribution in [0.1, 0.15) is 52.4 Å². The van der Waals surface area contributed by atoms with E-state index in [-0.39, 0.29) is 11.8 Å². The standard InChI is InChI=1S/C15H27NO3/c1-4-13(9-12-7-5-6-8-12)14(17)16(3)10-11(2)15(18)19/h11-13H,4-10H2,1-3H3,(H,18,19). The Morgan fingerprint density at radius 3 is 2.37 bits per heavy atom. The average Bonchev–Trinajstić information content (AvgIpc) is 2.87. The third-order valence-electron chi connectivity index (χ3n) is 4.28. The normalized spacial score (nSPS) is 19.1. The van der Waals surface area contributed by atoms with Crippen LogP contribution in [0.15, 0.2) is 0 Å². The number of nitrogens with zero attached hydrogens (tertiary/aromatic N) is 1. The first-order chi connectivity index (χ1) is 8.95. The monoisotopic (exact) mass is 269 g/mol. The second-order valence-corrected chi connectivity index (χ2v) is 5.95. The van der Waals surface area contributed by atoms with E-state index in [2.05, 4.69) is 0 Å². The van der Waals surface area contributed by atoms with Gasteiger partial charge in [0.2, 0.25) is 5.91 Å². The highest BCUT2D eigenvalue weighted by atomic mass is 16.4. The summed E-state index contributed by atoms with van der Waals surface area (Å²) in [5.41, 5.74) is 0. The number of carboxylic acid groups (broad SMARTS) is 1. The van der Waals surface area contributed by atoms with Crippen LogP contribution in [0.25, 0.3) is 0 Å². The van der Waals surface area contributed by atoms with E-state index in [0.717, 1.165) is 12.8 Å². The first kappa shape index (κ1) is 16.0. The molecule has 0 spiro atoms. The number of hydrogen-bond donors (Lipinski definition) is 1. The first-order valence-electron chi connectivity index (χ1n) is 7.43. The summed E-state index contributed by atoms with van der Waals surface area (Å²) in [4.78, 5) is 24.8. The maximum absolute atomic E-state index is 12.4. The predicted molar refractivity (Wildman–Crippen MR) is 74.8 cm³/mol. The molecule has 0 aromatic carbocycles. The molecular weight excluding hydrogens is 242 g/mol. The van der Waals surface area contributed by atoms with Crippen molar-refractivity contribution >= 4 is 11.9 Å². The van der Waals surface area contributed by atoms with Crippen LogP contribution in [-0.4, -0.2) is 35.5 Å². The molecule has 0 bridgehead atoms. The number of carbonyl (C=O) groups is 2. The SMILES string of the molecule is CCC(CC1CCCC1)C(=O)N(C)CC(C)C(=O)O. The van der Waals surface area contributed by atoms with Crippen LogP contribution >= 0.6 is 0 Å². The van der Waals surface area contributed by atoms with Crippen molar-refractivity contribution in [3.63, 3.8) is 0 Å². The molecular formula is C15H27NO3. The summed E-state index contributed by atoms with van der Waals surface area (Å²) in [6.45, 7) is 3.99. The molecule has 2 unspecified atom stereocenters. The van der Waals surface area contributed by atoms with E-state index >= 15 is 0 Å². The maximum Gasteiger partial charge on any atom is 0.308 e. The smallest absolute Gasteiger partial charge is 0.308 e. The summed E-state index contributed by atoms with van der Waals surface area (Å²) in [7, 11) is 1.72. The van der Waals surface area contributed by atoms with Gasteiger partial charge in [0.25, 0.3) is 0 Å². The van der Waals surface area contributed by atoms with E-state index < -0.39 is 11.9 Å². The quantitative estimate of drug-likeness (QED) is 0.773. The summed E-state index contributed by atoms with van der Waals surface area (Å²) in [5.74, 6) is -0.475. The van der Waals surface area contributed by atoms with Crippen LogP contribution in [0.2, 0.25) is 0 Å². The van der Waals surface area contributed by atoms with Gasteiger partial charge < -0.3 is 10.0 Å². The molecule has 4 heteroatoms. The number of carbonyl (C=O) groups excluding carboxylic acids is 1. The second kappa shape index (κ2) is 7.51. The van der Waals surface area contributed by atoms with Crippen molar-refractivity contribution in [3.8, 4) is 0 Å². The van der Waals surface area contributed by atoms with E-state index in [1.54, 1.807) is 18.9 Å². The van der Waals surface area contributed by atoms with E-state index in [1.165, 1.54) is 25.7 Å². The van der Waals surface area contributed by atoms with Crippen LogP contribution in [0.4, 0.5) is 0 Å². The Morgan fingerprint density at radius 2 is 1.89 bits per heavy atom. The van der Waals surface area contributed by atoms with Crippen LogP contribution in [0.5, 0.6) is 0 Å². The summed E-state index contributed by atoms with van der Waals surface area (Å²) >= 11 is 0. The molecule has 1 fully saturated rings. The van der Waals surface area contributed by atoms with Gasteiger partial charge in [0, 0.05) is 19.5 Å². The lowest BCUT2D eigenvalue weighted by molar-refractivity contribution is -0.143. The molecule has 0 aliphatic heterocycles. The van der Waals surface area contributed by atoms with E-state index in [9.17, 15) is 9.59 Å². The van der Waals surface area contributed by atoms with Crippen molar-refractivity contribution < 1.29 is 14.7 Å². The third-order valence-corrected chi connectivity index (χ3v) is 4.28. The van der Waals surface area contributed by atoms with Crippen LogP contribution in [0, 0.1) is 17.8 Å². The van der Waals surface area contributed by atoms with Crippen molar-refractivity contribution in [1.29, 1.82) is 0 Å². The lowest BCUT2D eigenvalue weighted by Crippen LogP contribution is -2.38. The molecule has 4 nitrogen and oxygen atoms in total. The Labute approximate surface area is 116 Å². The summed E-state index contributed by atoms with van der Waals surface area (Å²) in [5, 5.41) is 8.90. The van der Waals surface area contributed by atoms with E-state index in [1.807, 2.05) is 6.92 Å². The molecule has 0 aromatic heterocycles. The minimum atomic E-state index is -0.844. The topological polar surface area (TPSA) is 57.6 Å². The molecule has 0 heterocycles. The number of hydrogen-bond acceptors (Lipinski definition) is 2. The summed E-state index contributed by atoms with van der Waals surface area (Å²) in [6.07, 6.45) is 6.91. The lowest BCUT2D eigenvalue weighted by Gasteiger charge is -2.26. The Morgan fingerprint density at radius 1 is 1.32 bits per heavy atom. The van der Waals surface area contributed by atoms with Crippen molar-refractivity contribution in [1.82, 2.24) is 4.90 Å². The van der Waals surface area contributed by atoms with Gasteiger partial charge in [-0.1, -0.05) is 39.5 Å². The predicted octanol–water partition coefficient (Wildman–Crippen LogP) is 2.77. The maximum atomic E-state index is 12.4. The zero-order valence-electron chi connectivity index (χ0n) is 12.4. The highest BCUT2D eigenvalue weighted by Crippen LogP contribution is 2.31. The van der Waals surface area contributed by atoms with Gasteiger partial charge >= 0.3 is 5.97 Å². The fourth-order valence-electron chi connectivity index (χ4n) is 2.98. The fraction of sp³-hybridized carbons (Fsp3) is 0.867. The zero-order valence-corrected chi connectivity index (χ0v) is 12.4. The van der Waals surface area contributed by atoms with E-state index in [4.69, 9.17) is 5.11 Å². The molecule has 0 radical (unpaired) electrons. The third kappa shape index (κ3) is 4.84. The Kier molecular flexibility index (Phi) is 6.32. The van der Waals surface area contributed by atoms with E-state index in [0.29, 0.717) is 12.5 Å². The van der Waals surface area contributed by atoms with Gasteiger partial charge in [0.1, 0.15) is 0 Å². The Bertz CT molecular complexity index is 311. The molecule has 1 N–H and O–H groups in total. The van der Waals surface area contributed by atoms with Gasteiger partial charge in [-0.15, -0.1) is 0 Å². The highest BCUT2D eigenvalue weighted by molar-refractivity contribution is 5.79. The molecule has 1 saturated carbocycles. The molecule has 0 saturated heterocycles. The van der Waals surface area contributed by atoms with Crippen LogP contribution < -0.4 is 0 Å². The van der Waals surface area contributed by atoms with Crippen molar-refractivity contribution in [2.24, 2.45) is 17.8 Å². The molecule has 1 rings (SSSR count). The molecule has 1 amide bonds. The van der Waals surface area contributed by atoms with Gasteiger partial charge in [-0.3, -0.25) is 9.59 Å². The van der Waals surface area contributed by atoms with Crippen LogP contribution in [-0.2, 0) is 9.59 Å². The molecule has 19 heavy (non-hydrogen) atoms. The Hall–Kier alpha value is -1.06. The number of amides is 1. The van der Waals surface area contributed by atoms with Crippen molar-refractivity contribution in [2.75, 3.05) is 13.6 Å². The number of aliphatic carboxylic acids is 1. The summed E-state index contributed by atoms with van der Waals surface area (Å²) in [6, 6.07) is 0. The molecule has 2 atom stereocenters. The van der Waals surface area contributed by atoms with Gasteiger partial charge in [0.05, 0.1) is 5.92 Å².